The summed E-state index contributed by atoms with van der Waals surface area (Å²) < 4.78 is 42.2. The van der Waals surface area contributed by atoms with Crippen molar-refractivity contribution < 1.29 is 27.8 Å². The molecule has 1 N–H and O–H groups in total. The number of carboxylic acids is 1. The summed E-state index contributed by atoms with van der Waals surface area (Å²) in [7, 11) is 1.03. The van der Waals surface area contributed by atoms with Crippen molar-refractivity contribution >= 4 is 17.6 Å². The standard InChI is InChI=1S/C7H6ClF3N2O3/c1-13-5(7(9,10)11)4(8)6(12-13)16-2-3(14)15/h2H2,1H3,(H,14,15). The third-order valence-electron chi connectivity index (χ3n) is 1.56. The first-order valence-electron chi connectivity index (χ1n) is 3.87. The minimum absolute atomic E-state index is 0.486. The fraction of sp³-hybridized carbons (Fsp3) is 0.429. The summed E-state index contributed by atoms with van der Waals surface area (Å²) in [6.45, 7) is -0.811. The Hall–Kier alpha value is -1.44. The molecule has 0 aliphatic heterocycles. The molecule has 9 heteroatoms. The van der Waals surface area contributed by atoms with Crippen LogP contribution in [0, 0.1) is 0 Å². The summed E-state index contributed by atoms with van der Waals surface area (Å²) in [6.07, 6.45) is -4.68. The molecule has 0 amide bonds. The minimum atomic E-state index is -4.68. The second-order valence-corrected chi connectivity index (χ2v) is 3.15. The lowest BCUT2D eigenvalue weighted by atomic mass is 10.4. The molecule has 0 saturated carbocycles. The first-order valence-corrected chi connectivity index (χ1v) is 4.25. The molecule has 0 fully saturated rings. The van der Waals surface area contributed by atoms with Crippen molar-refractivity contribution in [2.75, 3.05) is 6.61 Å². The molecule has 0 atom stereocenters. The molecule has 5 nitrogen and oxygen atoms in total. The van der Waals surface area contributed by atoms with Crippen LogP contribution >= 0.6 is 11.6 Å². The SMILES string of the molecule is Cn1nc(OCC(=O)O)c(Cl)c1C(F)(F)F. The third kappa shape index (κ3) is 2.57. The normalized spacial score (nSPS) is 11.6. The van der Waals surface area contributed by atoms with E-state index in [-0.39, 0.29) is 0 Å². The summed E-state index contributed by atoms with van der Waals surface area (Å²) in [4.78, 5) is 10.1. The van der Waals surface area contributed by atoms with Crippen LogP contribution in [0.5, 0.6) is 5.88 Å². The highest BCUT2D eigenvalue weighted by Gasteiger charge is 2.39. The number of alkyl halides is 3. The van der Waals surface area contributed by atoms with E-state index in [4.69, 9.17) is 16.7 Å². The van der Waals surface area contributed by atoms with Crippen LogP contribution in [0.2, 0.25) is 5.02 Å². The minimum Gasteiger partial charge on any atom is -0.479 e. The Balaban J connectivity index is 3.02. The number of carboxylic acid groups (broad SMARTS) is 1. The largest absolute Gasteiger partial charge is 0.479 e. The van der Waals surface area contributed by atoms with E-state index in [1.807, 2.05) is 0 Å². The molecule has 0 aromatic carbocycles. The number of hydrogen-bond donors (Lipinski definition) is 1. The monoisotopic (exact) mass is 258 g/mol. The van der Waals surface area contributed by atoms with Gasteiger partial charge >= 0.3 is 12.1 Å². The van der Waals surface area contributed by atoms with E-state index < -0.39 is 35.3 Å². The zero-order valence-electron chi connectivity index (χ0n) is 7.88. The van der Waals surface area contributed by atoms with Crippen LogP contribution in [-0.4, -0.2) is 27.5 Å². The molecule has 1 rings (SSSR count). The van der Waals surface area contributed by atoms with Crippen LogP contribution in [0.25, 0.3) is 0 Å². The molecular weight excluding hydrogens is 253 g/mol. The quantitative estimate of drug-likeness (QED) is 0.893. The van der Waals surface area contributed by atoms with E-state index >= 15 is 0 Å². The number of carbonyl (C=O) groups is 1. The van der Waals surface area contributed by atoms with Gasteiger partial charge in [0.1, 0.15) is 5.02 Å². The molecule has 0 aliphatic carbocycles. The van der Waals surface area contributed by atoms with Gasteiger partial charge in [-0.05, 0) is 0 Å². The van der Waals surface area contributed by atoms with Crippen LogP contribution in [-0.2, 0) is 18.0 Å². The van der Waals surface area contributed by atoms with E-state index in [1.165, 1.54) is 0 Å². The zero-order chi connectivity index (χ0) is 12.5. The predicted molar refractivity (Wildman–Crippen MR) is 46.4 cm³/mol. The summed E-state index contributed by atoms with van der Waals surface area (Å²) in [5.41, 5.74) is -1.19. The Morgan fingerprint density at radius 3 is 2.56 bits per heavy atom. The molecule has 0 saturated heterocycles. The van der Waals surface area contributed by atoms with E-state index in [2.05, 4.69) is 9.84 Å². The molecule has 0 bridgehead atoms. The van der Waals surface area contributed by atoms with Gasteiger partial charge < -0.3 is 9.84 Å². The van der Waals surface area contributed by atoms with Crippen molar-refractivity contribution in [3.05, 3.63) is 10.7 Å². The summed E-state index contributed by atoms with van der Waals surface area (Å²) in [6, 6.07) is 0. The topological polar surface area (TPSA) is 64.4 Å². The average molecular weight is 259 g/mol. The highest BCUT2D eigenvalue weighted by atomic mass is 35.5. The third-order valence-corrected chi connectivity index (χ3v) is 1.90. The van der Waals surface area contributed by atoms with Gasteiger partial charge in [0.2, 0.25) is 0 Å². The molecule has 1 heterocycles. The predicted octanol–water partition coefficient (Wildman–Crippen LogP) is 1.56. The highest BCUT2D eigenvalue weighted by molar-refractivity contribution is 6.32. The average Bonchev–Trinajstić information content (AvgIpc) is 2.36. The number of ether oxygens (including phenoxy) is 1. The fourth-order valence-corrected chi connectivity index (χ4v) is 1.33. The maximum absolute atomic E-state index is 12.4. The lowest BCUT2D eigenvalue weighted by Gasteiger charge is -2.05. The summed E-state index contributed by atoms with van der Waals surface area (Å²) in [5.74, 6) is -1.89. The van der Waals surface area contributed by atoms with Crippen molar-refractivity contribution in [3.8, 4) is 5.88 Å². The first-order chi connectivity index (χ1) is 7.23. The molecule has 0 spiro atoms. The van der Waals surface area contributed by atoms with Crippen molar-refractivity contribution in [1.29, 1.82) is 0 Å². The Morgan fingerprint density at radius 1 is 1.62 bits per heavy atom. The van der Waals surface area contributed by atoms with Crippen molar-refractivity contribution in [1.82, 2.24) is 9.78 Å². The van der Waals surface area contributed by atoms with Crippen molar-refractivity contribution in [2.24, 2.45) is 7.05 Å². The number of halogens is 4. The number of hydrogen-bond acceptors (Lipinski definition) is 3. The summed E-state index contributed by atoms with van der Waals surface area (Å²) >= 11 is 5.38. The number of aryl methyl sites for hydroxylation is 1. The summed E-state index contributed by atoms with van der Waals surface area (Å²) in [5, 5.41) is 10.9. The second-order valence-electron chi connectivity index (χ2n) is 2.77. The Kier molecular flexibility index (Phi) is 3.32. The molecule has 90 valence electrons. The van der Waals surface area contributed by atoms with Gasteiger partial charge in [-0.15, -0.1) is 5.10 Å². The van der Waals surface area contributed by atoms with E-state index in [0.29, 0.717) is 4.68 Å². The number of aliphatic carboxylic acids is 1. The van der Waals surface area contributed by atoms with Crippen LogP contribution in [0.3, 0.4) is 0 Å². The van der Waals surface area contributed by atoms with E-state index in [9.17, 15) is 18.0 Å². The highest BCUT2D eigenvalue weighted by Crippen LogP contribution is 2.38. The van der Waals surface area contributed by atoms with Gasteiger partial charge in [-0.2, -0.15) is 13.2 Å². The molecular formula is C7H6ClF3N2O3. The zero-order valence-corrected chi connectivity index (χ0v) is 8.63. The molecule has 0 radical (unpaired) electrons. The lowest BCUT2D eigenvalue weighted by Crippen LogP contribution is -2.12. The van der Waals surface area contributed by atoms with Gasteiger partial charge in [0.05, 0.1) is 0 Å². The van der Waals surface area contributed by atoms with Gasteiger partial charge in [0.25, 0.3) is 5.88 Å². The Labute approximate surface area is 92.4 Å². The van der Waals surface area contributed by atoms with Crippen LogP contribution in [0.4, 0.5) is 13.2 Å². The smallest absolute Gasteiger partial charge is 0.434 e. The van der Waals surface area contributed by atoms with Crippen molar-refractivity contribution in [3.63, 3.8) is 0 Å². The molecule has 0 aliphatic rings. The van der Waals surface area contributed by atoms with Crippen molar-refractivity contribution in [2.45, 2.75) is 6.18 Å². The molecule has 1 aromatic rings. The van der Waals surface area contributed by atoms with Gasteiger partial charge in [-0.1, -0.05) is 11.6 Å². The number of nitrogens with zero attached hydrogens (tertiary/aromatic N) is 2. The maximum Gasteiger partial charge on any atom is 0.434 e. The fourth-order valence-electron chi connectivity index (χ4n) is 1.00. The van der Waals surface area contributed by atoms with Gasteiger partial charge in [-0.3, -0.25) is 4.68 Å². The number of aromatic nitrogens is 2. The second kappa shape index (κ2) is 4.20. The maximum atomic E-state index is 12.4. The van der Waals surface area contributed by atoms with Gasteiger partial charge in [-0.25, -0.2) is 4.79 Å². The Morgan fingerprint density at radius 2 is 2.19 bits per heavy atom. The molecule has 0 unspecified atom stereocenters. The van der Waals surface area contributed by atoms with Gasteiger partial charge in [0.15, 0.2) is 12.3 Å². The lowest BCUT2D eigenvalue weighted by molar-refractivity contribution is -0.143. The molecule has 1 aromatic heterocycles. The van der Waals surface area contributed by atoms with Gasteiger partial charge in [0, 0.05) is 7.05 Å². The van der Waals surface area contributed by atoms with E-state index in [0.717, 1.165) is 7.05 Å². The number of rotatable bonds is 3. The molecule has 16 heavy (non-hydrogen) atoms. The van der Waals surface area contributed by atoms with E-state index in [1.54, 1.807) is 0 Å². The Bertz CT molecular complexity index is 416. The first kappa shape index (κ1) is 12.6. The van der Waals surface area contributed by atoms with Crippen LogP contribution in [0.15, 0.2) is 0 Å². The van der Waals surface area contributed by atoms with Crippen LogP contribution < -0.4 is 4.74 Å². The van der Waals surface area contributed by atoms with Crippen LogP contribution in [0.1, 0.15) is 5.69 Å².